The van der Waals surface area contributed by atoms with E-state index in [2.05, 4.69) is 5.32 Å². The van der Waals surface area contributed by atoms with Gasteiger partial charge in [-0.25, -0.2) is 23.6 Å². The fraction of sp³-hybridized carbons (Fsp3) is 0.300. The number of phenols is 1. The molecular formula is C30H31F2N5O4. The normalized spacial score (nSPS) is 20.1. The summed E-state index contributed by atoms with van der Waals surface area (Å²) in [7, 11) is 1.63. The topological polar surface area (TPSA) is 96.4 Å². The number of benzene rings is 3. The van der Waals surface area contributed by atoms with E-state index < -0.39 is 30.1 Å². The third kappa shape index (κ3) is 5.85. The van der Waals surface area contributed by atoms with Gasteiger partial charge in [0.2, 0.25) is 11.8 Å². The van der Waals surface area contributed by atoms with Gasteiger partial charge in [0.25, 0.3) is 0 Å². The summed E-state index contributed by atoms with van der Waals surface area (Å²) < 4.78 is 27.0. The maximum atomic E-state index is 14.0. The Labute approximate surface area is 236 Å². The number of likely N-dealkylation sites (N-methyl/N-ethyl adjacent to an activating group) is 1. The van der Waals surface area contributed by atoms with Crippen LogP contribution >= 0.6 is 0 Å². The molecule has 9 nitrogen and oxygen atoms in total. The number of hydrazine groups is 1. The molecule has 3 aromatic rings. The van der Waals surface area contributed by atoms with E-state index in [1.54, 1.807) is 48.3 Å². The van der Waals surface area contributed by atoms with Gasteiger partial charge in [0.05, 0.1) is 19.1 Å². The number of aromatic hydroxyl groups is 1. The molecule has 2 saturated heterocycles. The Morgan fingerprint density at radius 2 is 1.54 bits per heavy atom. The molecule has 2 heterocycles. The molecule has 1 unspecified atom stereocenters. The summed E-state index contributed by atoms with van der Waals surface area (Å²) >= 11 is 0. The summed E-state index contributed by atoms with van der Waals surface area (Å²) in [6.45, 7) is 1.87. The molecule has 0 saturated carbocycles. The summed E-state index contributed by atoms with van der Waals surface area (Å²) in [5.41, 5.74) is 2.14. The molecule has 0 radical (unpaired) electrons. The molecule has 11 heteroatoms. The molecule has 214 valence electrons. The first-order valence-electron chi connectivity index (χ1n) is 13.3. The minimum Gasteiger partial charge on any atom is -0.508 e. The summed E-state index contributed by atoms with van der Waals surface area (Å²) in [4.78, 5) is 44.1. The molecule has 2 N–H and O–H groups in total. The van der Waals surface area contributed by atoms with Crippen LogP contribution < -0.4 is 5.32 Å². The van der Waals surface area contributed by atoms with Gasteiger partial charge < -0.3 is 20.2 Å². The number of halogens is 2. The van der Waals surface area contributed by atoms with Crippen molar-refractivity contribution in [2.24, 2.45) is 0 Å². The number of carbonyl (C=O) groups is 3. The maximum absolute atomic E-state index is 14.0. The minimum absolute atomic E-state index is 0.0313. The number of rotatable bonds is 6. The van der Waals surface area contributed by atoms with Crippen LogP contribution in [0.5, 0.6) is 5.75 Å². The van der Waals surface area contributed by atoms with Crippen LogP contribution in [-0.2, 0) is 22.6 Å². The van der Waals surface area contributed by atoms with Gasteiger partial charge in [0.1, 0.15) is 29.6 Å². The molecule has 0 aromatic heterocycles. The number of hydrogen-bond donors (Lipinski definition) is 2. The van der Waals surface area contributed by atoms with E-state index >= 15 is 0 Å². The second kappa shape index (κ2) is 11.5. The van der Waals surface area contributed by atoms with Crippen LogP contribution in [0.15, 0.2) is 72.8 Å². The lowest BCUT2D eigenvalue weighted by molar-refractivity contribution is -0.189. The van der Waals surface area contributed by atoms with Crippen LogP contribution in [0.2, 0.25) is 0 Å². The van der Waals surface area contributed by atoms with Crippen molar-refractivity contribution in [1.29, 1.82) is 0 Å². The first kappa shape index (κ1) is 28.0. The van der Waals surface area contributed by atoms with Crippen molar-refractivity contribution in [2.75, 3.05) is 20.1 Å². The zero-order valence-electron chi connectivity index (χ0n) is 22.7. The number of nitrogens with zero attached hydrogens (tertiary/aromatic N) is 4. The Bertz CT molecular complexity index is 1420. The first-order chi connectivity index (χ1) is 19.6. The third-order valence-corrected chi connectivity index (χ3v) is 7.64. The molecule has 5 rings (SSSR count). The van der Waals surface area contributed by atoms with Crippen molar-refractivity contribution in [3.05, 3.63) is 101 Å². The summed E-state index contributed by atoms with van der Waals surface area (Å²) in [5, 5.41) is 15.5. The largest absolute Gasteiger partial charge is 0.508 e. The second-order valence-electron chi connectivity index (χ2n) is 10.3. The van der Waals surface area contributed by atoms with Crippen LogP contribution in [0, 0.1) is 11.6 Å². The standard InChI is InChI=1S/C30H31F2N5O4/c1-19(22-7-11-24(32)12-8-22)35-17-27-36(26(29(35)40)15-20-5-13-25(38)14-6-20)28(39)18-34(2)37(27)30(41)33-16-21-3-9-23(31)10-4-21/h3-14,19,26-27,38H,15-18H2,1-2H3,(H,33,41)/t19?,26-,27-/m0/s1. The molecule has 41 heavy (non-hydrogen) atoms. The lowest BCUT2D eigenvalue weighted by atomic mass is 9.96. The molecule has 2 fully saturated rings. The van der Waals surface area contributed by atoms with Gasteiger partial charge in [0.15, 0.2) is 0 Å². The van der Waals surface area contributed by atoms with E-state index in [0.29, 0.717) is 11.1 Å². The van der Waals surface area contributed by atoms with Gasteiger partial charge in [-0.3, -0.25) is 9.59 Å². The molecule has 2 aliphatic heterocycles. The zero-order chi connectivity index (χ0) is 29.3. The van der Waals surface area contributed by atoms with E-state index in [1.807, 2.05) is 6.92 Å². The minimum atomic E-state index is -0.921. The van der Waals surface area contributed by atoms with Crippen LogP contribution in [0.3, 0.4) is 0 Å². The van der Waals surface area contributed by atoms with Gasteiger partial charge in [-0.1, -0.05) is 36.4 Å². The van der Waals surface area contributed by atoms with Gasteiger partial charge in [-0.15, -0.1) is 0 Å². The first-order valence-corrected chi connectivity index (χ1v) is 13.3. The number of fused-ring (bicyclic) bond motifs is 1. The van der Waals surface area contributed by atoms with Crippen LogP contribution in [0.4, 0.5) is 13.6 Å². The average molecular weight is 564 g/mol. The number of urea groups is 1. The van der Waals surface area contributed by atoms with Gasteiger partial charge in [-0.05, 0) is 60.0 Å². The highest BCUT2D eigenvalue weighted by Gasteiger charge is 2.51. The Hall–Kier alpha value is -4.51. The monoisotopic (exact) mass is 563 g/mol. The number of piperazine rings is 1. The SMILES string of the molecule is CC(c1ccc(F)cc1)N1C[C@H]2N(C(=O)CN(C)N2C(=O)NCc2ccc(F)cc2)[C@@H](Cc2ccc(O)cc2)C1=O. The number of nitrogens with one attached hydrogen (secondary N) is 1. The zero-order valence-corrected chi connectivity index (χ0v) is 22.7. The highest BCUT2D eigenvalue weighted by Crippen LogP contribution is 2.32. The number of carbonyl (C=O) groups excluding carboxylic acids is 3. The molecule has 0 bridgehead atoms. The van der Waals surface area contributed by atoms with Gasteiger partial charge in [-0.2, -0.15) is 0 Å². The maximum Gasteiger partial charge on any atom is 0.334 e. The van der Waals surface area contributed by atoms with Crippen molar-refractivity contribution in [2.45, 2.75) is 38.1 Å². The Morgan fingerprint density at radius 1 is 0.951 bits per heavy atom. The molecule has 3 aromatic carbocycles. The highest BCUT2D eigenvalue weighted by atomic mass is 19.1. The fourth-order valence-electron chi connectivity index (χ4n) is 5.45. The van der Waals surface area contributed by atoms with Crippen LogP contribution in [-0.4, -0.2) is 75.1 Å². The predicted molar refractivity (Wildman–Crippen MR) is 146 cm³/mol. The molecule has 3 atom stereocenters. The van der Waals surface area contributed by atoms with Gasteiger partial charge in [0, 0.05) is 20.0 Å². The van der Waals surface area contributed by atoms with Crippen molar-refractivity contribution in [3.8, 4) is 5.75 Å². The Kier molecular flexibility index (Phi) is 7.89. The van der Waals surface area contributed by atoms with Crippen molar-refractivity contribution in [3.63, 3.8) is 0 Å². The Morgan fingerprint density at radius 3 is 2.17 bits per heavy atom. The highest BCUT2D eigenvalue weighted by molar-refractivity contribution is 5.92. The van der Waals surface area contributed by atoms with E-state index in [0.717, 1.165) is 5.56 Å². The summed E-state index contributed by atoms with van der Waals surface area (Å²) in [6, 6.07) is 16.2. The molecular weight excluding hydrogens is 532 g/mol. The lowest BCUT2D eigenvalue weighted by Gasteiger charge is -2.55. The van der Waals surface area contributed by atoms with Crippen LogP contribution in [0.1, 0.15) is 29.7 Å². The van der Waals surface area contributed by atoms with Crippen molar-refractivity contribution < 1.29 is 28.3 Å². The fourth-order valence-corrected chi connectivity index (χ4v) is 5.45. The van der Waals surface area contributed by atoms with E-state index in [9.17, 15) is 28.3 Å². The van der Waals surface area contributed by atoms with Crippen LogP contribution in [0.25, 0.3) is 0 Å². The number of hydrogen-bond acceptors (Lipinski definition) is 5. The molecule has 4 amide bonds. The van der Waals surface area contributed by atoms with Crippen molar-refractivity contribution >= 4 is 17.8 Å². The average Bonchev–Trinajstić information content (AvgIpc) is 2.95. The van der Waals surface area contributed by atoms with E-state index in [4.69, 9.17) is 0 Å². The van der Waals surface area contributed by atoms with E-state index in [-0.39, 0.29) is 49.4 Å². The number of amides is 4. The van der Waals surface area contributed by atoms with Crippen molar-refractivity contribution in [1.82, 2.24) is 25.1 Å². The quantitative estimate of drug-likeness (QED) is 0.479. The third-order valence-electron chi connectivity index (χ3n) is 7.64. The summed E-state index contributed by atoms with van der Waals surface area (Å²) in [6.07, 6.45) is -0.653. The second-order valence-corrected chi connectivity index (χ2v) is 10.3. The van der Waals surface area contributed by atoms with E-state index in [1.165, 1.54) is 51.3 Å². The molecule has 0 spiro atoms. The molecule has 2 aliphatic rings. The lowest BCUT2D eigenvalue weighted by Crippen LogP contribution is -2.76. The molecule has 0 aliphatic carbocycles. The Balaban J connectivity index is 1.47. The smallest absolute Gasteiger partial charge is 0.334 e. The number of phenolic OH excluding ortho intramolecular Hbond substituents is 1. The van der Waals surface area contributed by atoms with Gasteiger partial charge >= 0.3 is 6.03 Å². The summed E-state index contributed by atoms with van der Waals surface area (Å²) in [5.74, 6) is -1.30. The predicted octanol–water partition coefficient (Wildman–Crippen LogP) is 3.41.